The van der Waals surface area contributed by atoms with E-state index in [0.717, 1.165) is 25.7 Å². The second-order valence-electron chi connectivity index (χ2n) is 9.52. The van der Waals surface area contributed by atoms with E-state index in [1.807, 2.05) is 13.0 Å². The molecule has 5 atom stereocenters. The molecule has 0 bridgehead atoms. The molecule has 3 heteroatoms. The fraction of sp³-hybridized carbons (Fsp3) is 0.833. The maximum Gasteiger partial charge on any atom is 0.0799 e. The summed E-state index contributed by atoms with van der Waals surface area (Å²) in [6, 6.07) is 0. The van der Waals surface area contributed by atoms with Crippen molar-refractivity contribution in [3.05, 3.63) is 23.8 Å². The van der Waals surface area contributed by atoms with Crippen LogP contribution in [0, 0.1) is 17.8 Å². The van der Waals surface area contributed by atoms with Gasteiger partial charge in [-0.05, 0) is 77.9 Å². The Bertz CT molecular complexity index is 495. The van der Waals surface area contributed by atoms with Crippen molar-refractivity contribution < 1.29 is 10.2 Å². The molecular weight excluding hydrogens is 334 g/mol. The van der Waals surface area contributed by atoms with Gasteiger partial charge in [0.25, 0.3) is 0 Å². The van der Waals surface area contributed by atoms with E-state index in [4.69, 9.17) is 0 Å². The zero-order valence-corrected chi connectivity index (χ0v) is 18.2. The molecular formula is C24H43NO2. The molecule has 0 saturated heterocycles. The van der Waals surface area contributed by atoms with Crippen LogP contribution in [0.25, 0.3) is 0 Å². The number of fused-ring (bicyclic) bond motifs is 1. The molecule has 156 valence electrons. The largest absolute Gasteiger partial charge is 0.392 e. The second kappa shape index (κ2) is 10.8. The molecule has 2 aliphatic rings. The topological polar surface area (TPSA) is 43.7 Å². The molecule has 3 nitrogen and oxygen atoms in total. The fourth-order valence-corrected chi connectivity index (χ4v) is 4.88. The summed E-state index contributed by atoms with van der Waals surface area (Å²) < 4.78 is 0. The Morgan fingerprint density at radius 3 is 2.67 bits per heavy atom. The van der Waals surface area contributed by atoms with E-state index in [2.05, 4.69) is 38.1 Å². The van der Waals surface area contributed by atoms with Gasteiger partial charge in [0.15, 0.2) is 0 Å². The van der Waals surface area contributed by atoms with E-state index in [0.29, 0.717) is 11.8 Å². The van der Waals surface area contributed by atoms with Crippen molar-refractivity contribution in [3.8, 4) is 0 Å². The number of unbranched alkanes of at least 4 members (excludes halogenated alkanes) is 4. The molecule has 2 aliphatic carbocycles. The van der Waals surface area contributed by atoms with Gasteiger partial charge in [-0.1, -0.05) is 56.4 Å². The van der Waals surface area contributed by atoms with Gasteiger partial charge in [-0.2, -0.15) is 0 Å². The molecule has 1 saturated carbocycles. The van der Waals surface area contributed by atoms with Gasteiger partial charge < -0.3 is 15.1 Å². The van der Waals surface area contributed by atoms with Crippen LogP contribution in [0.3, 0.4) is 0 Å². The highest BCUT2D eigenvalue weighted by atomic mass is 16.3. The lowest BCUT2D eigenvalue weighted by atomic mass is 9.87. The highest BCUT2D eigenvalue weighted by Gasteiger charge is 2.43. The van der Waals surface area contributed by atoms with E-state index < -0.39 is 5.60 Å². The van der Waals surface area contributed by atoms with Crippen LogP contribution in [0.5, 0.6) is 0 Å². The summed E-state index contributed by atoms with van der Waals surface area (Å²) in [7, 11) is 4.28. The van der Waals surface area contributed by atoms with Crippen LogP contribution in [-0.2, 0) is 0 Å². The fourth-order valence-electron chi connectivity index (χ4n) is 4.88. The van der Waals surface area contributed by atoms with E-state index >= 15 is 0 Å². The van der Waals surface area contributed by atoms with Gasteiger partial charge in [0, 0.05) is 5.92 Å². The molecule has 0 radical (unpaired) electrons. The summed E-state index contributed by atoms with van der Waals surface area (Å²) in [4.78, 5) is 2.26. The Balaban J connectivity index is 1.80. The maximum absolute atomic E-state index is 10.6. The summed E-state index contributed by atoms with van der Waals surface area (Å²) in [6.45, 7) is 5.28. The Morgan fingerprint density at radius 2 is 1.96 bits per heavy atom. The number of aliphatic hydroxyl groups excluding tert-OH is 1. The first kappa shape index (κ1) is 22.6. The Labute approximate surface area is 167 Å². The molecule has 0 aliphatic heterocycles. The van der Waals surface area contributed by atoms with Crippen LogP contribution >= 0.6 is 0 Å². The van der Waals surface area contributed by atoms with Crippen molar-refractivity contribution in [1.82, 2.24) is 4.90 Å². The average Bonchev–Trinajstić information content (AvgIpc) is 3.09. The molecule has 0 aromatic carbocycles. The Kier molecular flexibility index (Phi) is 9.04. The Hall–Kier alpha value is -0.640. The van der Waals surface area contributed by atoms with E-state index in [9.17, 15) is 10.2 Å². The van der Waals surface area contributed by atoms with Crippen LogP contribution < -0.4 is 0 Å². The molecule has 0 amide bonds. The van der Waals surface area contributed by atoms with Crippen molar-refractivity contribution in [3.63, 3.8) is 0 Å². The van der Waals surface area contributed by atoms with Crippen LogP contribution in [0.1, 0.15) is 78.1 Å². The van der Waals surface area contributed by atoms with Gasteiger partial charge in [-0.15, -0.1) is 0 Å². The lowest BCUT2D eigenvalue weighted by Crippen LogP contribution is -2.23. The summed E-state index contributed by atoms with van der Waals surface area (Å²) in [5.74, 6) is 1.28. The molecule has 2 N–H and O–H groups in total. The highest BCUT2D eigenvalue weighted by molar-refractivity contribution is 5.21. The number of rotatable bonds is 12. The van der Waals surface area contributed by atoms with Crippen LogP contribution in [0.2, 0.25) is 0 Å². The van der Waals surface area contributed by atoms with Crippen molar-refractivity contribution in [2.24, 2.45) is 17.8 Å². The first-order valence-corrected chi connectivity index (χ1v) is 11.3. The normalized spacial score (nSPS) is 30.1. The molecule has 0 aromatic rings. The van der Waals surface area contributed by atoms with Crippen LogP contribution in [0.15, 0.2) is 23.8 Å². The van der Waals surface area contributed by atoms with Gasteiger partial charge in [0.2, 0.25) is 0 Å². The summed E-state index contributed by atoms with van der Waals surface area (Å²) in [5, 5.41) is 21.1. The molecule has 27 heavy (non-hydrogen) atoms. The van der Waals surface area contributed by atoms with Crippen molar-refractivity contribution >= 4 is 0 Å². The monoisotopic (exact) mass is 377 g/mol. The first-order valence-electron chi connectivity index (χ1n) is 11.3. The maximum atomic E-state index is 10.6. The molecule has 0 heterocycles. The summed E-state index contributed by atoms with van der Waals surface area (Å²) in [6.07, 6.45) is 17.7. The quantitative estimate of drug-likeness (QED) is 0.374. The van der Waals surface area contributed by atoms with Crippen molar-refractivity contribution in [1.29, 1.82) is 0 Å². The zero-order valence-electron chi connectivity index (χ0n) is 18.2. The smallest absolute Gasteiger partial charge is 0.0799 e. The highest BCUT2D eigenvalue weighted by Crippen LogP contribution is 2.48. The van der Waals surface area contributed by atoms with Gasteiger partial charge >= 0.3 is 0 Å². The van der Waals surface area contributed by atoms with Crippen LogP contribution in [-0.4, -0.2) is 47.5 Å². The molecule has 1 fully saturated rings. The number of nitrogens with zero attached hydrogens (tertiary/aromatic N) is 1. The third-order valence-corrected chi connectivity index (χ3v) is 6.52. The van der Waals surface area contributed by atoms with Crippen molar-refractivity contribution in [2.45, 2.75) is 89.8 Å². The summed E-state index contributed by atoms with van der Waals surface area (Å²) in [5.41, 5.74) is 0.865. The van der Waals surface area contributed by atoms with Gasteiger partial charge in [0.05, 0.1) is 11.7 Å². The van der Waals surface area contributed by atoms with E-state index in [1.165, 1.54) is 45.1 Å². The molecule has 0 unspecified atom stereocenters. The molecule has 0 aromatic heterocycles. The second-order valence-corrected chi connectivity index (χ2v) is 9.52. The minimum Gasteiger partial charge on any atom is -0.392 e. The van der Waals surface area contributed by atoms with Gasteiger partial charge in [0.1, 0.15) is 0 Å². The lowest BCUT2D eigenvalue weighted by Gasteiger charge is -2.22. The third-order valence-electron chi connectivity index (χ3n) is 6.52. The minimum atomic E-state index is -0.742. The van der Waals surface area contributed by atoms with E-state index in [1.54, 1.807) is 5.57 Å². The van der Waals surface area contributed by atoms with Gasteiger partial charge in [-0.25, -0.2) is 0 Å². The number of hydrogen-bond donors (Lipinski definition) is 2. The predicted octanol–water partition coefficient (Wildman–Crippen LogP) is 4.94. The third kappa shape index (κ3) is 7.36. The van der Waals surface area contributed by atoms with Crippen molar-refractivity contribution in [2.75, 3.05) is 20.6 Å². The zero-order chi connectivity index (χ0) is 19.9. The molecule has 2 rings (SSSR count). The number of hydrogen-bond acceptors (Lipinski definition) is 3. The average molecular weight is 378 g/mol. The SMILES string of the molecule is CCCCC[C@](C)(O)C=C[C@@H]1[C@H]2CC(CCCCCN(C)C)=C[C@H]2C[C@H]1O. The summed E-state index contributed by atoms with van der Waals surface area (Å²) >= 11 is 0. The minimum absolute atomic E-state index is 0.204. The van der Waals surface area contributed by atoms with E-state index in [-0.39, 0.29) is 12.0 Å². The number of allylic oxidation sites excluding steroid dienone is 2. The lowest BCUT2D eigenvalue weighted by molar-refractivity contribution is 0.0957. The van der Waals surface area contributed by atoms with Gasteiger partial charge in [-0.3, -0.25) is 0 Å². The number of aliphatic hydroxyl groups is 2. The van der Waals surface area contributed by atoms with Crippen LogP contribution in [0.4, 0.5) is 0 Å². The predicted molar refractivity (Wildman–Crippen MR) is 115 cm³/mol. The first-order chi connectivity index (χ1) is 12.8. The molecule has 0 spiro atoms. The Morgan fingerprint density at radius 1 is 1.19 bits per heavy atom. The standard InChI is InChI=1S/C24H43NO2/c1-5-6-9-13-24(2,27)14-12-21-22-17-19(16-20(22)18-23(21)26)11-8-7-10-15-25(3)4/h12,14,16,20-23,26-27H,5-11,13,15,17-18H2,1-4H3/t20-,21+,22-,23+,24-/m0/s1.